The van der Waals surface area contributed by atoms with Crippen molar-refractivity contribution in [3.8, 4) is 18.0 Å². The Kier molecular flexibility index (Phi) is 12.3. The summed E-state index contributed by atoms with van der Waals surface area (Å²) in [5.74, 6) is 0.393. The van der Waals surface area contributed by atoms with Crippen LogP contribution in [0.2, 0.25) is 0 Å². The van der Waals surface area contributed by atoms with E-state index in [1.807, 2.05) is 53.1 Å². The summed E-state index contributed by atoms with van der Waals surface area (Å²) in [5.41, 5.74) is 28.8. The predicted molar refractivity (Wildman–Crippen MR) is 190 cm³/mol. The average molecular weight is 703 g/mol. The number of rotatable bonds is 15. The molecule has 0 aliphatic carbocycles. The summed E-state index contributed by atoms with van der Waals surface area (Å²) >= 11 is 0. The molecule has 4 aromatic heterocycles. The summed E-state index contributed by atoms with van der Waals surface area (Å²) in [6, 6.07) is 16.4. The molecule has 6 aromatic rings. The molecule has 0 atom stereocenters. The van der Waals surface area contributed by atoms with Gasteiger partial charge < -0.3 is 51.6 Å². The number of aromatic nitrogens is 8. The normalized spacial score (nSPS) is 11.1. The molecule has 270 valence electrons. The number of benzene rings is 2. The maximum Gasteiger partial charge on any atom is 0.328 e. The molecule has 51 heavy (non-hydrogen) atoms. The maximum atomic E-state index is 12.3. The molecule has 0 amide bonds. The van der Waals surface area contributed by atoms with Crippen LogP contribution in [0.1, 0.15) is 22.3 Å². The Labute approximate surface area is 292 Å². The maximum absolute atomic E-state index is 12.3. The summed E-state index contributed by atoms with van der Waals surface area (Å²) in [7, 11) is 4.72. The quantitative estimate of drug-likeness (QED) is 0.0942. The third-order valence-corrected chi connectivity index (χ3v) is 7.61. The van der Waals surface area contributed by atoms with Crippen LogP contribution in [0.4, 0.5) is 11.6 Å². The SMILES string of the molecule is COCCOc1nc(N)c2[nH]c(=O)n(Cc3ccc(CN)cc3)c2n1.COCCOc1nc(N)c2nc(OC)n(Cc3ccc(CN)cc3)c2n1. The minimum atomic E-state index is -0.312. The first-order valence-corrected chi connectivity index (χ1v) is 15.9. The molecule has 9 N–H and O–H groups in total. The second-order valence-corrected chi connectivity index (χ2v) is 11.1. The van der Waals surface area contributed by atoms with Crippen molar-refractivity contribution >= 4 is 34.0 Å². The van der Waals surface area contributed by atoms with Crippen molar-refractivity contribution in [2.24, 2.45) is 11.5 Å². The monoisotopic (exact) mass is 702 g/mol. The van der Waals surface area contributed by atoms with Crippen molar-refractivity contribution < 1.29 is 23.7 Å². The number of hydrogen-bond donors (Lipinski definition) is 5. The Bertz CT molecular complexity index is 2100. The van der Waals surface area contributed by atoms with E-state index in [1.165, 1.54) is 4.57 Å². The number of nitrogens with two attached hydrogens (primary N) is 4. The van der Waals surface area contributed by atoms with Gasteiger partial charge in [-0.1, -0.05) is 48.5 Å². The molecule has 2 aromatic carbocycles. The van der Waals surface area contributed by atoms with Gasteiger partial charge in [0.2, 0.25) is 0 Å². The zero-order valence-electron chi connectivity index (χ0n) is 28.7. The molecule has 0 unspecified atom stereocenters. The number of nitrogens with zero attached hydrogens (tertiary/aromatic N) is 7. The standard InChI is InChI=1S/C17H22N6O3.C16H20N6O3/c1-24-7-8-26-16-21-14(19)13-15(22-16)23(17(20-13)25-2)10-12-5-3-11(9-18)4-6-12;1-24-6-7-25-15-20-13(18)12-14(21-15)22(16(23)19-12)9-11-4-2-10(8-17)3-5-11/h3-6H,7-10,18H2,1-2H3,(H2,19,21,22);2-5H,6-9,17H2,1H3,(H,19,23)(H2,18,20,21). The molecular weight excluding hydrogens is 660 g/mol. The van der Waals surface area contributed by atoms with E-state index in [0.717, 1.165) is 22.3 Å². The molecule has 18 nitrogen and oxygen atoms in total. The van der Waals surface area contributed by atoms with Crippen LogP contribution in [0.15, 0.2) is 53.3 Å². The van der Waals surface area contributed by atoms with Crippen LogP contribution >= 0.6 is 0 Å². The molecule has 0 aliphatic rings. The largest absolute Gasteiger partial charge is 0.468 e. The topological polar surface area (TPSA) is 257 Å². The molecular formula is C33H42N12O6. The Hall–Kier alpha value is -5.82. The fraction of sp³-hybridized carbons (Fsp3) is 0.333. The molecule has 0 aliphatic heterocycles. The number of methoxy groups -OCH3 is 3. The van der Waals surface area contributed by atoms with E-state index in [9.17, 15) is 4.79 Å². The number of H-pyrrole nitrogens is 1. The van der Waals surface area contributed by atoms with Crippen LogP contribution in [0.5, 0.6) is 18.0 Å². The van der Waals surface area contributed by atoms with E-state index in [4.69, 9.17) is 46.6 Å². The average Bonchev–Trinajstić information content (AvgIpc) is 3.66. The number of nitrogens with one attached hydrogen (secondary N) is 1. The lowest BCUT2D eigenvalue weighted by Crippen LogP contribution is -2.18. The molecule has 0 radical (unpaired) electrons. The van der Waals surface area contributed by atoms with Crippen LogP contribution in [-0.2, 0) is 35.7 Å². The summed E-state index contributed by atoms with van der Waals surface area (Å²) in [6.45, 7) is 3.27. The number of ether oxygens (including phenoxy) is 5. The van der Waals surface area contributed by atoms with Crippen LogP contribution in [-0.4, -0.2) is 86.8 Å². The van der Waals surface area contributed by atoms with Gasteiger partial charge in [-0.25, -0.2) is 4.79 Å². The molecule has 6 rings (SSSR count). The van der Waals surface area contributed by atoms with Gasteiger partial charge in [0.25, 0.3) is 6.01 Å². The van der Waals surface area contributed by atoms with Gasteiger partial charge in [-0.05, 0) is 22.3 Å². The van der Waals surface area contributed by atoms with Crippen molar-refractivity contribution in [2.75, 3.05) is 59.2 Å². The van der Waals surface area contributed by atoms with Crippen molar-refractivity contribution in [3.63, 3.8) is 0 Å². The van der Waals surface area contributed by atoms with Crippen LogP contribution in [0.3, 0.4) is 0 Å². The van der Waals surface area contributed by atoms with E-state index in [-0.39, 0.29) is 36.0 Å². The number of hydrogen-bond acceptors (Lipinski definition) is 15. The minimum absolute atomic E-state index is 0.105. The van der Waals surface area contributed by atoms with Gasteiger partial charge in [-0.15, -0.1) is 0 Å². The zero-order valence-corrected chi connectivity index (χ0v) is 28.7. The first-order chi connectivity index (χ1) is 24.8. The van der Waals surface area contributed by atoms with E-state index in [2.05, 4.69) is 29.9 Å². The van der Waals surface area contributed by atoms with Crippen LogP contribution < -0.4 is 42.8 Å². The first-order valence-electron chi connectivity index (χ1n) is 15.9. The van der Waals surface area contributed by atoms with E-state index < -0.39 is 0 Å². The second kappa shape index (κ2) is 17.2. The molecule has 0 spiro atoms. The Morgan fingerprint density at radius 2 is 1.12 bits per heavy atom. The lowest BCUT2D eigenvalue weighted by Gasteiger charge is -2.09. The number of nitrogen functional groups attached to an aromatic ring is 2. The van der Waals surface area contributed by atoms with Gasteiger partial charge in [0.1, 0.15) is 18.7 Å². The van der Waals surface area contributed by atoms with Gasteiger partial charge in [-0.3, -0.25) is 9.13 Å². The van der Waals surface area contributed by atoms with Gasteiger partial charge in [0, 0.05) is 27.3 Å². The number of imidazole rings is 2. The number of fused-ring (bicyclic) bond motifs is 2. The Balaban J connectivity index is 0.000000198. The first kappa shape index (κ1) is 36.5. The van der Waals surface area contributed by atoms with Gasteiger partial charge in [0.05, 0.1) is 33.4 Å². The highest BCUT2D eigenvalue weighted by molar-refractivity contribution is 5.83. The van der Waals surface area contributed by atoms with Crippen molar-refractivity contribution in [1.29, 1.82) is 0 Å². The molecule has 0 saturated heterocycles. The smallest absolute Gasteiger partial charge is 0.328 e. The Morgan fingerprint density at radius 1 is 0.627 bits per heavy atom. The molecule has 0 bridgehead atoms. The van der Waals surface area contributed by atoms with E-state index >= 15 is 0 Å². The highest BCUT2D eigenvalue weighted by atomic mass is 16.5. The molecule has 0 saturated carbocycles. The summed E-state index contributed by atoms with van der Waals surface area (Å²) < 4.78 is 29.5. The third kappa shape index (κ3) is 8.86. The van der Waals surface area contributed by atoms with Gasteiger partial charge in [0.15, 0.2) is 28.4 Å². The highest BCUT2D eigenvalue weighted by Crippen LogP contribution is 2.26. The second-order valence-electron chi connectivity index (χ2n) is 11.1. The molecule has 18 heteroatoms. The minimum Gasteiger partial charge on any atom is -0.468 e. The summed E-state index contributed by atoms with van der Waals surface area (Å²) in [6.07, 6.45) is 0. The van der Waals surface area contributed by atoms with Crippen molar-refractivity contribution in [3.05, 3.63) is 81.3 Å². The lowest BCUT2D eigenvalue weighted by atomic mass is 10.1. The highest BCUT2D eigenvalue weighted by Gasteiger charge is 2.19. The van der Waals surface area contributed by atoms with E-state index in [0.29, 0.717) is 74.3 Å². The molecule has 0 fully saturated rings. The van der Waals surface area contributed by atoms with Crippen LogP contribution in [0.25, 0.3) is 22.3 Å². The molecule has 4 heterocycles. The van der Waals surface area contributed by atoms with E-state index in [1.54, 1.807) is 21.3 Å². The number of anilines is 2. The van der Waals surface area contributed by atoms with Crippen LogP contribution in [0, 0.1) is 0 Å². The third-order valence-electron chi connectivity index (χ3n) is 7.61. The van der Waals surface area contributed by atoms with Crippen molar-refractivity contribution in [2.45, 2.75) is 26.2 Å². The van der Waals surface area contributed by atoms with Gasteiger partial charge in [-0.2, -0.15) is 24.9 Å². The lowest BCUT2D eigenvalue weighted by molar-refractivity contribution is 0.141. The Morgan fingerprint density at radius 3 is 1.63 bits per heavy atom. The summed E-state index contributed by atoms with van der Waals surface area (Å²) in [5, 5.41) is 0. The fourth-order valence-electron chi connectivity index (χ4n) is 4.95. The summed E-state index contributed by atoms with van der Waals surface area (Å²) in [4.78, 5) is 36.3. The fourth-order valence-corrected chi connectivity index (χ4v) is 4.95. The zero-order chi connectivity index (χ0) is 36.3. The van der Waals surface area contributed by atoms with Crippen molar-refractivity contribution in [1.82, 2.24) is 39.0 Å². The predicted octanol–water partition coefficient (Wildman–Crippen LogP) is 1.18. The van der Waals surface area contributed by atoms with Gasteiger partial charge >= 0.3 is 17.7 Å². The number of aromatic amines is 1.